The van der Waals surface area contributed by atoms with Crippen LogP contribution in [0, 0.1) is 13.8 Å². The van der Waals surface area contributed by atoms with E-state index >= 15 is 0 Å². The molecule has 0 spiro atoms. The van der Waals surface area contributed by atoms with Gasteiger partial charge in [0.2, 0.25) is 0 Å². The van der Waals surface area contributed by atoms with E-state index in [1.165, 1.54) is 0 Å². The van der Waals surface area contributed by atoms with E-state index in [0.717, 1.165) is 22.6 Å². The van der Waals surface area contributed by atoms with Crippen LogP contribution in [0.25, 0.3) is 0 Å². The van der Waals surface area contributed by atoms with Gasteiger partial charge in [0.15, 0.2) is 6.10 Å². The number of likely N-dealkylation sites (N-methyl/N-ethyl adjacent to an activating group) is 1. The first-order valence-corrected chi connectivity index (χ1v) is 5.81. The zero-order valence-electron chi connectivity index (χ0n) is 10.7. The maximum Gasteiger partial charge on any atom is 0.267 e. The summed E-state index contributed by atoms with van der Waals surface area (Å²) in [5, 5.41) is 0. The van der Waals surface area contributed by atoms with Crippen LogP contribution in [-0.2, 0) is 4.79 Å². The number of nitrogens with zero attached hydrogens (tertiary/aromatic N) is 1. The molecule has 4 nitrogen and oxygen atoms in total. The third-order valence-corrected chi connectivity index (χ3v) is 3.46. The number of rotatable bonds is 1. The second-order valence-electron chi connectivity index (χ2n) is 4.48. The summed E-state index contributed by atoms with van der Waals surface area (Å²) in [5.74, 6) is 0.772. The Balaban J connectivity index is 2.61. The van der Waals surface area contributed by atoms with E-state index in [4.69, 9.17) is 10.5 Å². The Labute approximate surface area is 101 Å². The highest BCUT2D eigenvalue weighted by molar-refractivity contribution is 6.00. The molecule has 1 amide bonds. The number of ether oxygens (including phenoxy) is 1. The average molecular weight is 234 g/mol. The molecule has 0 bridgehead atoms. The summed E-state index contributed by atoms with van der Waals surface area (Å²) < 4.78 is 5.78. The smallest absolute Gasteiger partial charge is 0.267 e. The zero-order chi connectivity index (χ0) is 12.7. The fourth-order valence-corrected chi connectivity index (χ4v) is 2.08. The van der Waals surface area contributed by atoms with Gasteiger partial charge in [-0.05, 0) is 37.5 Å². The minimum atomic E-state index is -0.380. The number of fused-ring (bicyclic) bond motifs is 1. The summed E-state index contributed by atoms with van der Waals surface area (Å²) in [7, 11) is 1.76. The number of benzene rings is 1. The molecule has 0 radical (unpaired) electrons. The predicted molar refractivity (Wildman–Crippen MR) is 68.4 cm³/mol. The number of nitrogen functional groups attached to an aromatic ring is 1. The van der Waals surface area contributed by atoms with E-state index in [2.05, 4.69) is 0 Å². The minimum Gasteiger partial charge on any atom is -0.478 e. The van der Waals surface area contributed by atoms with Crippen LogP contribution in [0.2, 0.25) is 0 Å². The van der Waals surface area contributed by atoms with Crippen LogP contribution in [0.3, 0.4) is 0 Å². The van der Waals surface area contributed by atoms with Crippen molar-refractivity contribution in [2.75, 3.05) is 17.7 Å². The van der Waals surface area contributed by atoms with E-state index < -0.39 is 0 Å². The van der Waals surface area contributed by atoms with Crippen molar-refractivity contribution in [1.82, 2.24) is 0 Å². The second kappa shape index (κ2) is 3.95. The van der Waals surface area contributed by atoms with Gasteiger partial charge in [-0.2, -0.15) is 0 Å². The third kappa shape index (κ3) is 1.64. The number of anilines is 2. The zero-order valence-corrected chi connectivity index (χ0v) is 10.7. The molecule has 2 N–H and O–H groups in total. The molecule has 1 aromatic rings. The van der Waals surface area contributed by atoms with Gasteiger partial charge in [-0.3, -0.25) is 4.79 Å². The highest BCUT2D eigenvalue weighted by atomic mass is 16.5. The van der Waals surface area contributed by atoms with Crippen molar-refractivity contribution in [2.24, 2.45) is 0 Å². The molecule has 1 unspecified atom stereocenters. The van der Waals surface area contributed by atoms with Crippen molar-refractivity contribution in [3.05, 3.63) is 17.2 Å². The summed E-state index contributed by atoms with van der Waals surface area (Å²) in [5.41, 5.74) is 9.41. The number of carbonyl (C=O) groups excluding carboxylic acids is 1. The fourth-order valence-electron chi connectivity index (χ4n) is 2.08. The van der Waals surface area contributed by atoms with E-state index in [-0.39, 0.29) is 12.0 Å². The topological polar surface area (TPSA) is 55.6 Å². The van der Waals surface area contributed by atoms with E-state index in [9.17, 15) is 4.79 Å². The molecule has 0 aliphatic carbocycles. The first kappa shape index (κ1) is 11.8. The van der Waals surface area contributed by atoms with Crippen molar-refractivity contribution < 1.29 is 9.53 Å². The Hall–Kier alpha value is -1.71. The van der Waals surface area contributed by atoms with Gasteiger partial charge in [-0.25, -0.2) is 0 Å². The van der Waals surface area contributed by atoms with Crippen LogP contribution in [0.4, 0.5) is 11.4 Å². The lowest BCUT2D eigenvalue weighted by Gasteiger charge is -2.33. The molecular formula is C13H18N2O2. The Morgan fingerprint density at radius 2 is 2.06 bits per heavy atom. The molecule has 1 aliphatic heterocycles. The highest BCUT2D eigenvalue weighted by Crippen LogP contribution is 2.40. The lowest BCUT2D eigenvalue weighted by molar-refractivity contribution is -0.126. The van der Waals surface area contributed by atoms with Crippen LogP contribution < -0.4 is 15.4 Å². The molecule has 1 heterocycles. The van der Waals surface area contributed by atoms with Crippen molar-refractivity contribution >= 4 is 17.3 Å². The number of hydrogen-bond donors (Lipinski definition) is 1. The van der Waals surface area contributed by atoms with Gasteiger partial charge in [0, 0.05) is 12.7 Å². The first-order chi connectivity index (χ1) is 7.97. The fraction of sp³-hybridized carbons (Fsp3) is 0.462. The van der Waals surface area contributed by atoms with Crippen molar-refractivity contribution in [2.45, 2.75) is 33.3 Å². The molecule has 1 aliphatic rings. The molecule has 2 rings (SSSR count). The molecule has 1 atom stereocenters. The summed E-state index contributed by atoms with van der Waals surface area (Å²) in [6, 6.07) is 1.81. The Morgan fingerprint density at radius 3 is 2.65 bits per heavy atom. The second-order valence-corrected chi connectivity index (χ2v) is 4.48. The Morgan fingerprint density at radius 1 is 1.41 bits per heavy atom. The summed E-state index contributed by atoms with van der Waals surface area (Å²) in [4.78, 5) is 13.6. The molecule has 0 saturated heterocycles. The summed E-state index contributed by atoms with van der Waals surface area (Å²) >= 11 is 0. The Bertz CT molecular complexity index is 483. The monoisotopic (exact) mass is 234 g/mol. The molecule has 17 heavy (non-hydrogen) atoms. The number of hydrogen-bond acceptors (Lipinski definition) is 3. The molecule has 4 heteroatoms. The van der Waals surface area contributed by atoms with E-state index in [1.807, 2.05) is 20.8 Å². The van der Waals surface area contributed by atoms with Crippen molar-refractivity contribution in [1.29, 1.82) is 0 Å². The van der Waals surface area contributed by atoms with Crippen molar-refractivity contribution in [3.8, 4) is 5.75 Å². The van der Waals surface area contributed by atoms with Crippen LogP contribution in [0.5, 0.6) is 5.75 Å². The molecule has 0 aromatic heterocycles. The van der Waals surface area contributed by atoms with Crippen LogP contribution in [0.15, 0.2) is 6.07 Å². The van der Waals surface area contributed by atoms with Gasteiger partial charge in [0.05, 0.1) is 5.69 Å². The highest BCUT2D eigenvalue weighted by Gasteiger charge is 2.32. The molecular weight excluding hydrogens is 216 g/mol. The first-order valence-electron chi connectivity index (χ1n) is 5.81. The number of nitrogens with two attached hydrogens (primary N) is 1. The molecule has 1 aromatic carbocycles. The third-order valence-electron chi connectivity index (χ3n) is 3.46. The van der Waals surface area contributed by atoms with Gasteiger partial charge in [-0.15, -0.1) is 0 Å². The molecule has 92 valence electrons. The minimum absolute atomic E-state index is 0.0114. The van der Waals surface area contributed by atoms with Gasteiger partial charge >= 0.3 is 0 Å². The van der Waals surface area contributed by atoms with Crippen LogP contribution in [-0.4, -0.2) is 19.1 Å². The van der Waals surface area contributed by atoms with Crippen LogP contribution in [0.1, 0.15) is 24.5 Å². The number of carbonyl (C=O) groups is 1. The molecule has 0 fully saturated rings. The SMILES string of the molecule is CCC1Oc2c(cc(N)c(C)c2C)N(C)C1=O. The van der Waals surface area contributed by atoms with Crippen molar-refractivity contribution in [3.63, 3.8) is 0 Å². The van der Waals surface area contributed by atoms with Gasteiger partial charge in [0.25, 0.3) is 5.91 Å². The normalized spacial score (nSPS) is 18.9. The van der Waals surface area contributed by atoms with E-state index in [0.29, 0.717) is 12.1 Å². The van der Waals surface area contributed by atoms with Gasteiger partial charge in [0.1, 0.15) is 5.75 Å². The quantitative estimate of drug-likeness (QED) is 0.756. The lowest BCUT2D eigenvalue weighted by Crippen LogP contribution is -2.43. The summed E-state index contributed by atoms with van der Waals surface area (Å²) in [6.07, 6.45) is 0.292. The number of amides is 1. The molecule has 0 saturated carbocycles. The maximum absolute atomic E-state index is 12.0. The van der Waals surface area contributed by atoms with E-state index in [1.54, 1.807) is 18.0 Å². The van der Waals surface area contributed by atoms with Gasteiger partial charge < -0.3 is 15.4 Å². The maximum atomic E-state index is 12.0. The van der Waals surface area contributed by atoms with Gasteiger partial charge in [-0.1, -0.05) is 6.92 Å². The largest absolute Gasteiger partial charge is 0.478 e. The van der Waals surface area contributed by atoms with Crippen LogP contribution >= 0.6 is 0 Å². The average Bonchev–Trinajstić information content (AvgIpc) is 2.32. The predicted octanol–water partition coefficient (Wildman–Crippen LogP) is 2.02. The summed E-state index contributed by atoms with van der Waals surface area (Å²) in [6.45, 7) is 5.88. The Kier molecular flexibility index (Phi) is 2.73. The standard InChI is InChI=1S/C13H18N2O2/c1-5-11-13(16)15(4)10-6-9(14)7(2)8(3)12(10)17-11/h6,11H,5,14H2,1-4H3. The lowest BCUT2D eigenvalue weighted by atomic mass is 10.0.